The number of aromatic amines is 1. The Bertz CT molecular complexity index is 1920. The zero-order chi connectivity index (χ0) is 31.3. The van der Waals surface area contributed by atoms with Crippen molar-refractivity contribution in [1.29, 1.82) is 0 Å². The van der Waals surface area contributed by atoms with Crippen molar-refractivity contribution in [1.82, 2.24) is 19.5 Å². The third-order valence-electron chi connectivity index (χ3n) is 5.94. The van der Waals surface area contributed by atoms with E-state index in [1.165, 1.54) is 13.0 Å². The summed E-state index contributed by atoms with van der Waals surface area (Å²) in [6, 6.07) is 9.77. The van der Waals surface area contributed by atoms with E-state index in [0.29, 0.717) is 33.8 Å². The van der Waals surface area contributed by atoms with Crippen LogP contribution >= 0.6 is 12.0 Å². The topological polar surface area (TPSA) is 248 Å². The Hall–Kier alpha value is -2.66. The summed E-state index contributed by atoms with van der Waals surface area (Å²) in [4.78, 5) is 35.2. The largest absolute Gasteiger partial charge is 1.00 e. The molecule has 0 aliphatic rings. The standard InChI is InChI=1S/C24H24N8O9S2.2Na/c1-4-32-20(33)13(3)12(2)19(21(32)34)31-30-17-11-15(7-10-18(17)43(37,38)39)26-23-27-22(28-24(35)29-23)25-14-5-8-16(9-6-14)42-41-40-36;;/h5-11,33,36H,4H2,1-3H3,(H,37,38,39)(H3,25,26,27,28,29,35);;/q;2*+1/p-2. The van der Waals surface area contributed by atoms with Crippen LogP contribution in [0.25, 0.3) is 0 Å². The maximum atomic E-state index is 12.8. The number of nitrogens with one attached hydrogen (secondary N) is 3. The van der Waals surface area contributed by atoms with Crippen molar-refractivity contribution in [2.45, 2.75) is 37.1 Å². The monoisotopic (exact) mass is 676 g/mol. The quantitative estimate of drug-likeness (QED) is 0.0304. The van der Waals surface area contributed by atoms with E-state index in [1.54, 1.807) is 38.1 Å². The van der Waals surface area contributed by atoms with E-state index < -0.39 is 32.0 Å². The predicted molar refractivity (Wildman–Crippen MR) is 150 cm³/mol. The molecule has 4 rings (SSSR count). The van der Waals surface area contributed by atoms with Gasteiger partial charge in [-0.25, -0.2) is 13.2 Å². The predicted octanol–water partition coefficient (Wildman–Crippen LogP) is -3.29. The number of nitrogens with zero attached hydrogens (tertiary/aromatic N) is 5. The molecule has 0 unspecified atom stereocenters. The summed E-state index contributed by atoms with van der Waals surface area (Å²) in [6.45, 7) is 4.90. The molecule has 0 saturated heterocycles. The molecule has 2 heterocycles. The van der Waals surface area contributed by atoms with Crippen molar-refractivity contribution < 1.29 is 91.8 Å². The summed E-state index contributed by atoms with van der Waals surface area (Å²) >= 11 is 0.694. The second kappa shape index (κ2) is 16.8. The van der Waals surface area contributed by atoms with Crippen molar-refractivity contribution >= 4 is 56.8 Å². The number of hydrogen-bond acceptors (Lipinski definition) is 16. The maximum absolute atomic E-state index is 12.8. The molecule has 4 N–H and O–H groups in total. The van der Waals surface area contributed by atoms with E-state index in [0.717, 1.165) is 16.7 Å². The first-order valence-corrected chi connectivity index (χ1v) is 14.3. The molecule has 0 atom stereocenters. The van der Waals surface area contributed by atoms with Gasteiger partial charge in [-0.15, -0.1) is 10.2 Å². The maximum Gasteiger partial charge on any atom is 1.00 e. The van der Waals surface area contributed by atoms with Gasteiger partial charge in [-0.1, -0.05) is 0 Å². The second-order valence-corrected chi connectivity index (χ2v) is 10.8. The van der Waals surface area contributed by atoms with Crippen LogP contribution in [0, 0.1) is 13.8 Å². The molecule has 2 aromatic carbocycles. The van der Waals surface area contributed by atoms with Gasteiger partial charge in [0.2, 0.25) is 11.9 Å². The number of H-pyrrole nitrogens is 1. The fraction of sp³-hybridized carbons (Fsp3) is 0.167. The van der Waals surface area contributed by atoms with E-state index in [4.69, 9.17) is 0 Å². The third-order valence-corrected chi connectivity index (χ3v) is 7.41. The first-order chi connectivity index (χ1) is 20.4. The van der Waals surface area contributed by atoms with Crippen LogP contribution in [-0.4, -0.2) is 37.6 Å². The van der Waals surface area contributed by atoms with Gasteiger partial charge in [0.15, 0.2) is 11.6 Å². The van der Waals surface area contributed by atoms with Gasteiger partial charge in [0.1, 0.15) is 15.8 Å². The van der Waals surface area contributed by atoms with Crippen LogP contribution in [-0.2, 0) is 26.0 Å². The van der Waals surface area contributed by atoms with E-state index >= 15 is 0 Å². The summed E-state index contributed by atoms with van der Waals surface area (Å²) < 4.78 is 41.1. The number of hydrogen-bond donors (Lipinski definition) is 4. The normalized spacial score (nSPS) is 11.1. The molecule has 0 spiro atoms. The number of anilines is 4. The van der Waals surface area contributed by atoms with E-state index in [-0.39, 0.29) is 94.8 Å². The molecule has 45 heavy (non-hydrogen) atoms. The minimum Gasteiger partial charge on any atom is -0.744 e. The molecule has 4 aromatic rings. The number of benzene rings is 2. The van der Waals surface area contributed by atoms with E-state index in [1.807, 2.05) is 0 Å². The first kappa shape index (κ1) is 38.5. The summed E-state index contributed by atoms with van der Waals surface area (Å²) in [7, 11) is -5.01. The zero-order valence-electron chi connectivity index (χ0n) is 24.5. The number of aromatic hydroxyl groups is 1. The van der Waals surface area contributed by atoms with Gasteiger partial charge < -0.3 is 25.6 Å². The van der Waals surface area contributed by atoms with Crippen molar-refractivity contribution in [3.05, 3.63) is 74.4 Å². The van der Waals surface area contributed by atoms with Gasteiger partial charge in [-0.05, 0) is 68.8 Å². The smallest absolute Gasteiger partial charge is 0.744 e. The van der Waals surface area contributed by atoms with E-state index in [9.17, 15) is 32.9 Å². The molecule has 0 saturated carbocycles. The molecule has 0 aliphatic heterocycles. The Labute approximate surface area is 303 Å². The number of rotatable bonds is 11. The Morgan fingerprint density at radius 3 is 2.31 bits per heavy atom. The molecule has 21 heteroatoms. The van der Waals surface area contributed by atoms with Crippen molar-refractivity contribution in [3.63, 3.8) is 0 Å². The average Bonchev–Trinajstić information content (AvgIpc) is 2.95. The Balaban J connectivity index is 0.00000353. The van der Waals surface area contributed by atoms with Crippen molar-refractivity contribution in [2.24, 2.45) is 10.2 Å². The molecule has 2 aromatic heterocycles. The minimum absolute atomic E-state index is 0. The summed E-state index contributed by atoms with van der Waals surface area (Å²) in [5.74, 6) is -0.441. The molecule has 0 radical (unpaired) electrons. The minimum atomic E-state index is -5.01. The molecule has 0 aliphatic carbocycles. The average molecular weight is 677 g/mol. The molecular weight excluding hydrogens is 654 g/mol. The van der Waals surface area contributed by atoms with E-state index in [2.05, 4.69) is 45.2 Å². The van der Waals surface area contributed by atoms with Gasteiger partial charge in [-0.2, -0.15) is 14.3 Å². The fourth-order valence-electron chi connectivity index (χ4n) is 3.74. The van der Waals surface area contributed by atoms with Crippen LogP contribution in [0.3, 0.4) is 0 Å². The summed E-state index contributed by atoms with van der Waals surface area (Å²) in [5.41, 5.74) is -0.676. The number of azo groups is 1. The van der Waals surface area contributed by atoms with Crippen LogP contribution in [0.1, 0.15) is 18.1 Å². The van der Waals surface area contributed by atoms with Gasteiger partial charge in [0.25, 0.3) is 5.56 Å². The van der Waals surface area contributed by atoms with Crippen LogP contribution in [0.5, 0.6) is 5.88 Å². The first-order valence-electron chi connectivity index (χ1n) is 12.1. The second-order valence-electron chi connectivity index (χ2n) is 8.63. The zero-order valence-corrected chi connectivity index (χ0v) is 30.1. The van der Waals surface area contributed by atoms with Gasteiger partial charge >= 0.3 is 64.8 Å². The van der Waals surface area contributed by atoms with Gasteiger partial charge in [0.05, 0.1) is 16.9 Å². The summed E-state index contributed by atoms with van der Waals surface area (Å²) in [5, 5.41) is 36.9. The van der Waals surface area contributed by atoms with Crippen LogP contribution < -0.4 is 86.3 Å². The molecule has 17 nitrogen and oxygen atoms in total. The van der Waals surface area contributed by atoms with Gasteiger partial charge in [-0.3, -0.25) is 19.4 Å². The van der Waals surface area contributed by atoms with Crippen molar-refractivity contribution in [3.8, 4) is 5.88 Å². The number of aromatic nitrogens is 4. The number of pyridine rings is 1. The molecule has 0 amide bonds. The molecule has 0 bridgehead atoms. The molecule has 226 valence electrons. The third kappa shape index (κ3) is 9.67. The van der Waals surface area contributed by atoms with Gasteiger partial charge in [0, 0.05) is 28.4 Å². The van der Waals surface area contributed by atoms with Crippen LogP contribution in [0.2, 0.25) is 0 Å². The molecular formula is C24H22N8Na2O9S2. The van der Waals surface area contributed by atoms with Crippen molar-refractivity contribution in [2.75, 3.05) is 10.6 Å². The van der Waals surface area contributed by atoms with Crippen LogP contribution in [0.15, 0.2) is 72.1 Å². The fourth-order valence-corrected chi connectivity index (χ4v) is 4.69. The van der Waals surface area contributed by atoms with Crippen LogP contribution in [0.4, 0.5) is 34.6 Å². The Morgan fingerprint density at radius 2 is 1.69 bits per heavy atom. The molecule has 0 fully saturated rings. The Morgan fingerprint density at radius 1 is 1.02 bits per heavy atom. The SMILES string of the molecule is CCn1c(O)c(C)c(C)c(N=Nc2cc(Nc3nc(Nc4ccc(SOO[O-])cc4)nc(=O)[nH]3)ccc2S(=O)(=O)[O-])c1=O.[Na+].[Na+]. The summed E-state index contributed by atoms with van der Waals surface area (Å²) in [6.07, 6.45) is 0. The Kier molecular flexibility index (Phi) is 14.4.